The molecule has 1 N–H and O–H groups in total. The van der Waals surface area contributed by atoms with Gasteiger partial charge in [0.1, 0.15) is 10.6 Å². The van der Waals surface area contributed by atoms with Gasteiger partial charge in [-0.1, -0.05) is 12.8 Å². The first kappa shape index (κ1) is 16.8. The molecule has 0 atom stereocenters. The second kappa shape index (κ2) is 8.17. The predicted octanol–water partition coefficient (Wildman–Crippen LogP) is 2.59. The Morgan fingerprint density at radius 2 is 1.95 bits per heavy atom. The third kappa shape index (κ3) is 4.47. The Kier molecular flexibility index (Phi) is 6.24. The highest BCUT2D eigenvalue weighted by Gasteiger charge is 2.18. The fourth-order valence-corrected chi connectivity index (χ4v) is 3.54. The van der Waals surface area contributed by atoms with Crippen molar-refractivity contribution in [3.05, 3.63) is 15.8 Å². The number of amides is 2. The van der Waals surface area contributed by atoms with E-state index in [1.807, 2.05) is 17.9 Å². The van der Waals surface area contributed by atoms with Crippen LogP contribution >= 0.6 is 11.3 Å². The molecule has 122 valence electrons. The van der Waals surface area contributed by atoms with Crippen LogP contribution in [0.25, 0.3) is 0 Å². The van der Waals surface area contributed by atoms with E-state index in [0.717, 1.165) is 30.8 Å². The van der Waals surface area contributed by atoms with Gasteiger partial charge in [0.25, 0.3) is 5.91 Å². The van der Waals surface area contributed by atoms with Crippen LogP contribution in [0.4, 0.5) is 0 Å². The Labute approximate surface area is 135 Å². The molecule has 2 heterocycles. The number of hydrogen-bond donors (Lipinski definition) is 1. The largest absolute Gasteiger partial charge is 0.495 e. The van der Waals surface area contributed by atoms with E-state index in [0.29, 0.717) is 23.6 Å². The number of carbonyl (C=O) groups is 2. The maximum atomic E-state index is 12.1. The normalized spacial score (nSPS) is 15.3. The Balaban J connectivity index is 1.79. The number of nitrogens with zero attached hydrogens (tertiary/aromatic N) is 1. The topological polar surface area (TPSA) is 58.6 Å². The first-order valence-electron chi connectivity index (χ1n) is 7.82. The minimum atomic E-state index is -0.168. The molecule has 0 aromatic carbocycles. The SMILES string of the molecule is COc1cc(C)sc1C(=O)NCCC(=O)N1CCCCCC1. The Morgan fingerprint density at radius 1 is 1.27 bits per heavy atom. The van der Waals surface area contributed by atoms with E-state index >= 15 is 0 Å². The van der Waals surface area contributed by atoms with Gasteiger partial charge in [0.05, 0.1) is 7.11 Å². The zero-order valence-electron chi connectivity index (χ0n) is 13.3. The van der Waals surface area contributed by atoms with E-state index in [1.165, 1.54) is 24.2 Å². The summed E-state index contributed by atoms with van der Waals surface area (Å²) in [6.07, 6.45) is 4.95. The van der Waals surface area contributed by atoms with Gasteiger partial charge in [0, 0.05) is 30.9 Å². The van der Waals surface area contributed by atoms with Crippen molar-refractivity contribution in [2.75, 3.05) is 26.7 Å². The molecule has 1 aliphatic rings. The van der Waals surface area contributed by atoms with Crippen LogP contribution in [0.5, 0.6) is 5.75 Å². The summed E-state index contributed by atoms with van der Waals surface area (Å²) in [6, 6.07) is 1.85. The molecule has 6 heteroatoms. The number of rotatable bonds is 5. The minimum absolute atomic E-state index is 0.136. The number of hydrogen-bond acceptors (Lipinski definition) is 4. The summed E-state index contributed by atoms with van der Waals surface area (Å²) >= 11 is 1.40. The van der Waals surface area contributed by atoms with Gasteiger partial charge >= 0.3 is 0 Å². The van der Waals surface area contributed by atoms with E-state index in [4.69, 9.17) is 4.74 Å². The van der Waals surface area contributed by atoms with E-state index in [-0.39, 0.29) is 11.8 Å². The van der Waals surface area contributed by atoms with Gasteiger partial charge in [-0.15, -0.1) is 11.3 Å². The molecule has 1 aliphatic heterocycles. The van der Waals surface area contributed by atoms with E-state index in [9.17, 15) is 9.59 Å². The van der Waals surface area contributed by atoms with Gasteiger partial charge in [0.2, 0.25) is 5.91 Å². The van der Waals surface area contributed by atoms with Crippen molar-refractivity contribution >= 4 is 23.2 Å². The molecule has 1 aromatic rings. The highest BCUT2D eigenvalue weighted by molar-refractivity contribution is 7.14. The van der Waals surface area contributed by atoms with Crippen molar-refractivity contribution in [3.8, 4) is 5.75 Å². The van der Waals surface area contributed by atoms with Crippen LogP contribution in [0.1, 0.15) is 46.7 Å². The highest BCUT2D eigenvalue weighted by atomic mass is 32.1. The van der Waals surface area contributed by atoms with E-state index < -0.39 is 0 Å². The average molecular weight is 324 g/mol. The van der Waals surface area contributed by atoms with Gasteiger partial charge in [0.15, 0.2) is 0 Å². The monoisotopic (exact) mass is 324 g/mol. The molecule has 0 saturated carbocycles. The second-order valence-corrected chi connectivity index (χ2v) is 6.81. The van der Waals surface area contributed by atoms with Crippen molar-refractivity contribution in [3.63, 3.8) is 0 Å². The van der Waals surface area contributed by atoms with Crippen molar-refractivity contribution in [2.45, 2.75) is 39.0 Å². The van der Waals surface area contributed by atoms with Crippen LogP contribution in [0, 0.1) is 6.92 Å². The van der Waals surface area contributed by atoms with Gasteiger partial charge in [-0.25, -0.2) is 0 Å². The van der Waals surface area contributed by atoms with Crippen LogP contribution in [-0.4, -0.2) is 43.5 Å². The Hall–Kier alpha value is -1.56. The van der Waals surface area contributed by atoms with Crippen molar-refractivity contribution in [1.29, 1.82) is 0 Å². The molecule has 2 amide bonds. The van der Waals surface area contributed by atoms with E-state index in [2.05, 4.69) is 5.32 Å². The second-order valence-electron chi connectivity index (χ2n) is 5.56. The average Bonchev–Trinajstić information content (AvgIpc) is 2.72. The molecular formula is C16H24N2O3S. The van der Waals surface area contributed by atoms with E-state index in [1.54, 1.807) is 7.11 Å². The zero-order chi connectivity index (χ0) is 15.9. The highest BCUT2D eigenvalue weighted by Crippen LogP contribution is 2.28. The Bertz CT molecular complexity index is 519. The molecule has 0 unspecified atom stereocenters. The van der Waals surface area contributed by atoms with Crippen LogP contribution in [0.15, 0.2) is 6.07 Å². The number of thiophene rings is 1. The molecule has 0 bridgehead atoms. The summed E-state index contributed by atoms with van der Waals surface area (Å²) in [5, 5.41) is 2.82. The van der Waals surface area contributed by atoms with Crippen LogP contribution in [0.2, 0.25) is 0 Å². The molecule has 1 fully saturated rings. The fourth-order valence-electron chi connectivity index (χ4n) is 2.64. The summed E-state index contributed by atoms with van der Waals surface area (Å²) in [6.45, 7) is 4.01. The van der Waals surface area contributed by atoms with Gasteiger partial charge in [-0.2, -0.15) is 0 Å². The molecule has 5 nitrogen and oxygen atoms in total. The summed E-state index contributed by atoms with van der Waals surface area (Å²) in [5.41, 5.74) is 0. The third-order valence-corrected chi connectivity index (χ3v) is 4.86. The number of methoxy groups -OCH3 is 1. The minimum Gasteiger partial charge on any atom is -0.495 e. The quantitative estimate of drug-likeness (QED) is 0.905. The van der Waals surface area contributed by atoms with Crippen molar-refractivity contribution in [1.82, 2.24) is 10.2 Å². The standard InChI is InChI=1S/C16H24N2O3S/c1-12-11-13(21-2)15(22-12)16(20)17-8-7-14(19)18-9-5-3-4-6-10-18/h11H,3-10H2,1-2H3,(H,17,20). The third-order valence-electron chi connectivity index (χ3n) is 3.83. The number of aryl methyl sites for hydroxylation is 1. The molecule has 0 spiro atoms. The predicted molar refractivity (Wildman–Crippen MR) is 87.6 cm³/mol. The Morgan fingerprint density at radius 3 is 2.59 bits per heavy atom. The smallest absolute Gasteiger partial charge is 0.265 e. The molecular weight excluding hydrogens is 300 g/mol. The number of carbonyl (C=O) groups excluding carboxylic acids is 2. The molecule has 1 aromatic heterocycles. The summed E-state index contributed by atoms with van der Waals surface area (Å²) in [7, 11) is 1.56. The maximum Gasteiger partial charge on any atom is 0.265 e. The fraction of sp³-hybridized carbons (Fsp3) is 0.625. The summed E-state index contributed by atoms with van der Waals surface area (Å²) in [4.78, 5) is 27.8. The lowest BCUT2D eigenvalue weighted by Crippen LogP contribution is -2.35. The first-order chi connectivity index (χ1) is 10.6. The molecule has 1 saturated heterocycles. The molecule has 0 aliphatic carbocycles. The number of ether oxygens (including phenoxy) is 1. The first-order valence-corrected chi connectivity index (χ1v) is 8.64. The van der Waals surface area contributed by atoms with Crippen molar-refractivity contribution < 1.29 is 14.3 Å². The van der Waals surface area contributed by atoms with Crippen molar-refractivity contribution in [2.24, 2.45) is 0 Å². The molecule has 2 rings (SSSR count). The lowest BCUT2D eigenvalue weighted by Gasteiger charge is -2.20. The van der Waals surface area contributed by atoms with Gasteiger partial charge in [-0.05, 0) is 25.8 Å². The maximum absolute atomic E-state index is 12.1. The molecule has 0 radical (unpaired) electrons. The van der Waals surface area contributed by atoms with Gasteiger partial charge < -0.3 is 15.0 Å². The number of nitrogens with one attached hydrogen (secondary N) is 1. The molecule has 22 heavy (non-hydrogen) atoms. The van der Waals surface area contributed by atoms with Gasteiger partial charge in [-0.3, -0.25) is 9.59 Å². The zero-order valence-corrected chi connectivity index (χ0v) is 14.1. The number of likely N-dealkylation sites (tertiary alicyclic amines) is 1. The lowest BCUT2D eigenvalue weighted by atomic mass is 10.2. The van der Waals surface area contributed by atoms with Crippen LogP contribution in [-0.2, 0) is 4.79 Å². The summed E-state index contributed by atoms with van der Waals surface area (Å²) in [5.74, 6) is 0.564. The van der Waals surface area contributed by atoms with Crippen LogP contribution < -0.4 is 10.1 Å². The van der Waals surface area contributed by atoms with Crippen LogP contribution in [0.3, 0.4) is 0 Å². The summed E-state index contributed by atoms with van der Waals surface area (Å²) < 4.78 is 5.20. The lowest BCUT2D eigenvalue weighted by molar-refractivity contribution is -0.131.